The Balaban J connectivity index is 1.29. The first-order valence-electron chi connectivity index (χ1n) is 9.26. The van der Waals surface area contributed by atoms with E-state index in [9.17, 15) is 0 Å². The van der Waals surface area contributed by atoms with E-state index in [1.165, 1.54) is 31.7 Å². The van der Waals surface area contributed by atoms with Crippen molar-refractivity contribution in [3.05, 3.63) is 17.6 Å². The summed E-state index contributed by atoms with van der Waals surface area (Å²) in [6, 6.07) is 0. The summed E-state index contributed by atoms with van der Waals surface area (Å²) in [6.07, 6.45) is 1.71. The summed E-state index contributed by atoms with van der Waals surface area (Å²) in [7, 11) is 0. The van der Waals surface area contributed by atoms with Gasteiger partial charge in [-0.3, -0.25) is 4.90 Å². The summed E-state index contributed by atoms with van der Waals surface area (Å²) in [5, 5.41) is 0. The van der Waals surface area contributed by atoms with Gasteiger partial charge < -0.3 is 14.5 Å². The molecule has 3 aliphatic rings. The molecule has 2 unspecified atom stereocenters. The molecule has 0 radical (unpaired) electrons. The van der Waals surface area contributed by atoms with Gasteiger partial charge in [0.1, 0.15) is 12.1 Å². The molecule has 3 aliphatic heterocycles. The van der Waals surface area contributed by atoms with Crippen LogP contribution in [0.4, 0.5) is 5.82 Å². The molecule has 0 aromatic carbocycles. The number of likely N-dealkylation sites (tertiary alicyclic amines) is 1. The van der Waals surface area contributed by atoms with E-state index in [0.717, 1.165) is 62.7 Å². The number of hydrogen-bond donors (Lipinski definition) is 0. The molecular formula is C18H29N5O. The third kappa shape index (κ3) is 3.27. The average Bonchev–Trinajstić information content (AvgIpc) is 3.15. The van der Waals surface area contributed by atoms with Crippen molar-refractivity contribution in [2.24, 2.45) is 11.8 Å². The van der Waals surface area contributed by atoms with Gasteiger partial charge >= 0.3 is 0 Å². The number of aryl methyl sites for hydroxylation is 1. The molecule has 132 valence electrons. The van der Waals surface area contributed by atoms with Crippen molar-refractivity contribution in [3.63, 3.8) is 0 Å². The van der Waals surface area contributed by atoms with Crippen LogP contribution in [0.5, 0.6) is 0 Å². The molecule has 0 N–H and O–H groups in total. The van der Waals surface area contributed by atoms with Crippen LogP contribution in [0.2, 0.25) is 0 Å². The van der Waals surface area contributed by atoms with Gasteiger partial charge in [-0.25, -0.2) is 9.97 Å². The fourth-order valence-electron chi connectivity index (χ4n) is 4.40. The minimum absolute atomic E-state index is 0.796. The number of anilines is 1. The van der Waals surface area contributed by atoms with Crippen molar-refractivity contribution in [2.45, 2.75) is 13.8 Å². The molecular weight excluding hydrogens is 302 g/mol. The van der Waals surface area contributed by atoms with Crippen LogP contribution in [-0.2, 0) is 4.74 Å². The lowest BCUT2D eigenvalue weighted by atomic mass is 10.0. The molecule has 0 saturated carbocycles. The summed E-state index contributed by atoms with van der Waals surface area (Å²) >= 11 is 0. The van der Waals surface area contributed by atoms with Crippen LogP contribution in [0.25, 0.3) is 0 Å². The number of aromatic nitrogens is 2. The SMILES string of the molecule is Cc1ncnc(N2CC3CN(CCN4CCOCC4)CC3C2)c1C. The topological polar surface area (TPSA) is 44.7 Å². The van der Waals surface area contributed by atoms with E-state index in [-0.39, 0.29) is 0 Å². The van der Waals surface area contributed by atoms with E-state index in [2.05, 4.69) is 38.5 Å². The molecule has 1 aromatic heterocycles. The fraction of sp³-hybridized carbons (Fsp3) is 0.778. The smallest absolute Gasteiger partial charge is 0.135 e. The second-order valence-corrected chi connectivity index (χ2v) is 7.55. The van der Waals surface area contributed by atoms with Gasteiger partial charge in [-0.15, -0.1) is 0 Å². The van der Waals surface area contributed by atoms with Crippen molar-refractivity contribution < 1.29 is 4.74 Å². The predicted molar refractivity (Wildman–Crippen MR) is 94.4 cm³/mol. The highest BCUT2D eigenvalue weighted by Crippen LogP contribution is 2.34. The largest absolute Gasteiger partial charge is 0.379 e. The van der Waals surface area contributed by atoms with E-state index < -0.39 is 0 Å². The van der Waals surface area contributed by atoms with E-state index >= 15 is 0 Å². The summed E-state index contributed by atoms with van der Waals surface area (Å²) in [4.78, 5) is 16.5. The molecule has 0 spiro atoms. The number of ether oxygens (including phenoxy) is 1. The molecule has 0 bridgehead atoms. The van der Waals surface area contributed by atoms with Crippen LogP contribution in [0.1, 0.15) is 11.3 Å². The third-order valence-electron chi connectivity index (χ3n) is 6.01. The normalized spacial score (nSPS) is 28.5. The number of fused-ring (bicyclic) bond motifs is 1. The molecule has 6 heteroatoms. The van der Waals surface area contributed by atoms with Crippen LogP contribution in [0.3, 0.4) is 0 Å². The molecule has 3 fully saturated rings. The molecule has 24 heavy (non-hydrogen) atoms. The zero-order valence-electron chi connectivity index (χ0n) is 14.9. The maximum absolute atomic E-state index is 5.43. The first-order valence-corrected chi connectivity index (χ1v) is 9.26. The molecule has 0 amide bonds. The molecule has 4 heterocycles. The maximum Gasteiger partial charge on any atom is 0.135 e. The lowest BCUT2D eigenvalue weighted by Gasteiger charge is -2.29. The average molecular weight is 331 g/mol. The minimum Gasteiger partial charge on any atom is -0.379 e. The molecule has 6 nitrogen and oxygen atoms in total. The lowest BCUT2D eigenvalue weighted by Crippen LogP contribution is -2.41. The van der Waals surface area contributed by atoms with Crippen LogP contribution >= 0.6 is 0 Å². The summed E-state index contributed by atoms with van der Waals surface area (Å²) < 4.78 is 5.43. The van der Waals surface area contributed by atoms with Crippen molar-refractivity contribution in [1.82, 2.24) is 19.8 Å². The molecule has 4 rings (SSSR count). The quantitative estimate of drug-likeness (QED) is 0.813. The van der Waals surface area contributed by atoms with E-state index in [1.54, 1.807) is 6.33 Å². The Morgan fingerprint density at radius 1 is 0.958 bits per heavy atom. The zero-order valence-corrected chi connectivity index (χ0v) is 14.9. The predicted octanol–water partition coefficient (Wildman–Crippen LogP) is 0.794. The van der Waals surface area contributed by atoms with Crippen molar-refractivity contribution >= 4 is 5.82 Å². The molecule has 2 atom stereocenters. The Labute approximate surface area is 144 Å². The Morgan fingerprint density at radius 3 is 2.33 bits per heavy atom. The number of morpholine rings is 1. The summed E-state index contributed by atoms with van der Waals surface area (Å²) in [5.41, 5.74) is 2.34. The van der Waals surface area contributed by atoms with Gasteiger partial charge in [0, 0.05) is 63.6 Å². The number of nitrogens with zero attached hydrogens (tertiary/aromatic N) is 5. The summed E-state index contributed by atoms with van der Waals surface area (Å²) in [5.74, 6) is 2.74. The standard InChI is InChI=1S/C18H29N5O/c1-14-15(2)19-13-20-18(14)23-11-16-9-22(10-17(16)12-23)4-3-21-5-7-24-8-6-21/h13,16-17H,3-12H2,1-2H3. The molecule has 3 saturated heterocycles. The van der Waals surface area contributed by atoms with E-state index in [1.807, 2.05) is 0 Å². The van der Waals surface area contributed by atoms with Gasteiger partial charge in [-0.05, 0) is 25.7 Å². The van der Waals surface area contributed by atoms with Gasteiger partial charge in [-0.2, -0.15) is 0 Å². The number of rotatable bonds is 4. The highest BCUT2D eigenvalue weighted by atomic mass is 16.5. The van der Waals surface area contributed by atoms with Gasteiger partial charge in [0.05, 0.1) is 13.2 Å². The van der Waals surface area contributed by atoms with Crippen LogP contribution < -0.4 is 4.90 Å². The van der Waals surface area contributed by atoms with E-state index in [0.29, 0.717) is 0 Å². The Hall–Kier alpha value is -1.24. The minimum atomic E-state index is 0.796. The van der Waals surface area contributed by atoms with Crippen molar-refractivity contribution in [1.29, 1.82) is 0 Å². The Morgan fingerprint density at radius 2 is 1.62 bits per heavy atom. The van der Waals surface area contributed by atoms with Gasteiger partial charge in [-0.1, -0.05) is 0 Å². The van der Waals surface area contributed by atoms with Crippen LogP contribution in [-0.4, -0.2) is 85.3 Å². The zero-order chi connectivity index (χ0) is 16.5. The monoisotopic (exact) mass is 331 g/mol. The molecule has 1 aromatic rings. The Kier molecular flexibility index (Phi) is 4.70. The lowest BCUT2D eigenvalue weighted by molar-refractivity contribution is 0.0341. The van der Waals surface area contributed by atoms with E-state index in [4.69, 9.17) is 4.74 Å². The van der Waals surface area contributed by atoms with Crippen LogP contribution in [0.15, 0.2) is 6.33 Å². The summed E-state index contributed by atoms with van der Waals surface area (Å²) in [6.45, 7) is 15.4. The van der Waals surface area contributed by atoms with Crippen molar-refractivity contribution in [3.8, 4) is 0 Å². The highest BCUT2D eigenvalue weighted by molar-refractivity contribution is 5.48. The second kappa shape index (κ2) is 6.94. The van der Waals surface area contributed by atoms with Gasteiger partial charge in [0.2, 0.25) is 0 Å². The van der Waals surface area contributed by atoms with Crippen LogP contribution in [0, 0.1) is 25.7 Å². The first-order chi connectivity index (χ1) is 11.7. The molecule has 0 aliphatic carbocycles. The van der Waals surface area contributed by atoms with Gasteiger partial charge in [0.25, 0.3) is 0 Å². The first kappa shape index (κ1) is 16.2. The second-order valence-electron chi connectivity index (χ2n) is 7.55. The maximum atomic E-state index is 5.43. The van der Waals surface area contributed by atoms with Crippen molar-refractivity contribution in [2.75, 3.05) is 70.5 Å². The highest BCUT2D eigenvalue weighted by Gasteiger charge is 2.40. The Bertz CT molecular complexity index is 561. The number of hydrogen-bond acceptors (Lipinski definition) is 6. The third-order valence-corrected chi connectivity index (χ3v) is 6.01. The van der Waals surface area contributed by atoms with Gasteiger partial charge in [0.15, 0.2) is 0 Å². The fourth-order valence-corrected chi connectivity index (χ4v) is 4.40.